The molecular weight excluding hydrogens is 376 g/mol. The van der Waals surface area contributed by atoms with Crippen molar-refractivity contribution >= 4 is 5.78 Å². The molecule has 0 aromatic carbocycles. The van der Waals surface area contributed by atoms with Gasteiger partial charge in [-0.25, -0.2) is 0 Å². The number of hydrogen-bond acceptors (Lipinski definition) is 1. The van der Waals surface area contributed by atoms with Crippen molar-refractivity contribution in [1.29, 1.82) is 0 Å². The zero-order valence-electron chi connectivity index (χ0n) is 21.2. The summed E-state index contributed by atoms with van der Waals surface area (Å²) in [5.41, 5.74) is 8.92. The molecule has 0 spiro atoms. The van der Waals surface area contributed by atoms with Crippen LogP contribution in [0.15, 0.2) is 46.6 Å². The Balaban J connectivity index is 0.000000176. The minimum Gasteiger partial charge on any atom is -0.295 e. The highest BCUT2D eigenvalue weighted by Gasteiger charge is 2.35. The second kappa shape index (κ2) is 10.1. The maximum absolute atomic E-state index is 12.0. The third-order valence-corrected chi connectivity index (χ3v) is 8.90. The predicted octanol–water partition coefficient (Wildman–Crippen LogP) is 8.63. The van der Waals surface area contributed by atoms with E-state index in [1.807, 2.05) is 5.57 Å². The molecule has 0 N–H and O–H groups in total. The van der Waals surface area contributed by atoms with E-state index in [0.717, 1.165) is 37.0 Å². The van der Waals surface area contributed by atoms with Gasteiger partial charge in [-0.1, -0.05) is 68.7 Å². The van der Waals surface area contributed by atoms with Crippen molar-refractivity contribution < 1.29 is 4.79 Å². The van der Waals surface area contributed by atoms with Crippen molar-refractivity contribution in [3.05, 3.63) is 46.6 Å². The van der Waals surface area contributed by atoms with Gasteiger partial charge in [-0.15, -0.1) is 0 Å². The molecule has 4 rings (SSSR count). The van der Waals surface area contributed by atoms with Gasteiger partial charge in [-0.05, 0) is 106 Å². The lowest BCUT2D eigenvalue weighted by Crippen LogP contribution is -2.07. The lowest BCUT2D eigenvalue weighted by molar-refractivity contribution is -0.115. The lowest BCUT2D eigenvalue weighted by Gasteiger charge is -2.18. The minimum atomic E-state index is 0.414. The minimum absolute atomic E-state index is 0.414. The third kappa shape index (κ3) is 5.35. The van der Waals surface area contributed by atoms with Crippen LogP contribution < -0.4 is 0 Å². The van der Waals surface area contributed by atoms with E-state index >= 15 is 0 Å². The summed E-state index contributed by atoms with van der Waals surface area (Å²) in [7, 11) is 0. The first-order chi connectivity index (χ1) is 14.6. The van der Waals surface area contributed by atoms with E-state index in [1.54, 1.807) is 5.57 Å². The fraction of sp³-hybridized carbons (Fsp3) is 0.700. The number of hydrogen-bond donors (Lipinski definition) is 0. The summed E-state index contributed by atoms with van der Waals surface area (Å²) in [5, 5.41) is 0. The van der Waals surface area contributed by atoms with Gasteiger partial charge in [0, 0.05) is 6.42 Å². The summed E-state index contributed by atoms with van der Waals surface area (Å²) < 4.78 is 0. The monoisotopic (exact) mass is 422 g/mol. The quantitative estimate of drug-likeness (QED) is 0.407. The Kier molecular flexibility index (Phi) is 7.87. The molecule has 4 aliphatic carbocycles. The van der Waals surface area contributed by atoms with Crippen LogP contribution in [0.1, 0.15) is 99.3 Å². The molecule has 0 saturated carbocycles. The topological polar surface area (TPSA) is 17.1 Å². The standard InChI is InChI=1S/C15H22O.C15H24/c1-9(2)12-6-5-10(3)15-13(8-12)11(4)7-14(15)16;1-10(2)13-7-5-11(3)14-8-6-12(4)15(14)9-13/h10-12H,1,5-8H2,2-4H3;11-13H,1,5-9H2,2-4H3/t10-,11-,12+;11-,12-,13+/m00/s1. The summed E-state index contributed by atoms with van der Waals surface area (Å²) in [6.45, 7) is 21.8. The number of allylic oxidation sites excluding steroid dienone is 6. The average Bonchev–Trinajstić information content (AvgIpc) is 3.04. The van der Waals surface area contributed by atoms with Crippen molar-refractivity contribution in [3.63, 3.8) is 0 Å². The van der Waals surface area contributed by atoms with Crippen LogP contribution in [0.4, 0.5) is 0 Å². The van der Waals surface area contributed by atoms with Crippen LogP contribution in [0.3, 0.4) is 0 Å². The molecule has 0 bridgehead atoms. The lowest BCUT2D eigenvalue weighted by atomic mass is 9.87. The molecule has 6 atom stereocenters. The fourth-order valence-electron chi connectivity index (χ4n) is 6.57. The van der Waals surface area contributed by atoms with Crippen molar-refractivity contribution in [2.75, 3.05) is 0 Å². The number of carbonyl (C=O) groups excluding carboxylic acids is 1. The van der Waals surface area contributed by atoms with Crippen molar-refractivity contribution in [3.8, 4) is 0 Å². The maximum Gasteiger partial charge on any atom is 0.159 e. The van der Waals surface area contributed by atoms with Gasteiger partial charge in [0.1, 0.15) is 0 Å². The van der Waals surface area contributed by atoms with Crippen LogP contribution >= 0.6 is 0 Å². The van der Waals surface area contributed by atoms with E-state index in [9.17, 15) is 4.79 Å². The van der Waals surface area contributed by atoms with Crippen molar-refractivity contribution in [1.82, 2.24) is 0 Å². The molecule has 0 aromatic heterocycles. The summed E-state index contributed by atoms with van der Waals surface area (Å²) in [6.07, 6.45) is 11.0. The molecule has 0 fully saturated rings. The third-order valence-electron chi connectivity index (χ3n) is 8.90. The summed E-state index contributed by atoms with van der Waals surface area (Å²) >= 11 is 0. The summed E-state index contributed by atoms with van der Waals surface area (Å²) in [6, 6.07) is 0. The van der Waals surface area contributed by atoms with Gasteiger partial charge < -0.3 is 0 Å². The van der Waals surface area contributed by atoms with Gasteiger partial charge in [0.05, 0.1) is 0 Å². The molecule has 0 heterocycles. The van der Waals surface area contributed by atoms with E-state index in [1.165, 1.54) is 60.8 Å². The fourth-order valence-corrected chi connectivity index (χ4v) is 6.57. The zero-order chi connectivity index (χ0) is 22.9. The molecule has 1 nitrogen and oxygen atoms in total. The van der Waals surface area contributed by atoms with Crippen molar-refractivity contribution in [2.45, 2.75) is 99.3 Å². The Morgan fingerprint density at radius 2 is 1.16 bits per heavy atom. The van der Waals surface area contributed by atoms with E-state index in [-0.39, 0.29) is 0 Å². The molecule has 0 aliphatic heterocycles. The van der Waals surface area contributed by atoms with Crippen LogP contribution in [0.2, 0.25) is 0 Å². The summed E-state index contributed by atoms with van der Waals surface area (Å²) in [5.74, 6) is 4.42. The Bertz CT molecular complexity index is 791. The Labute approximate surface area is 192 Å². The molecule has 0 radical (unpaired) electrons. The van der Waals surface area contributed by atoms with Crippen LogP contribution in [-0.2, 0) is 4.79 Å². The van der Waals surface area contributed by atoms with Crippen molar-refractivity contribution in [2.24, 2.45) is 35.5 Å². The highest BCUT2D eigenvalue weighted by Crippen LogP contribution is 2.45. The number of ketones is 1. The van der Waals surface area contributed by atoms with Gasteiger partial charge in [0.2, 0.25) is 0 Å². The largest absolute Gasteiger partial charge is 0.295 e. The Hall–Kier alpha value is -1.37. The highest BCUT2D eigenvalue weighted by molar-refractivity contribution is 5.99. The number of carbonyl (C=O) groups is 1. The first kappa shape index (κ1) is 24.3. The number of Topliss-reactive ketones (excluding diaryl/α,β-unsaturated/α-hetero) is 1. The first-order valence-corrected chi connectivity index (χ1v) is 12.9. The Morgan fingerprint density at radius 3 is 1.74 bits per heavy atom. The van der Waals surface area contributed by atoms with Crippen LogP contribution in [0.5, 0.6) is 0 Å². The predicted molar refractivity (Wildman–Crippen MR) is 134 cm³/mol. The van der Waals surface area contributed by atoms with E-state index in [2.05, 4.69) is 54.7 Å². The molecule has 0 amide bonds. The van der Waals surface area contributed by atoms with Crippen LogP contribution in [-0.4, -0.2) is 5.78 Å². The second-order valence-electron chi connectivity index (χ2n) is 11.4. The smallest absolute Gasteiger partial charge is 0.159 e. The first-order valence-electron chi connectivity index (χ1n) is 12.9. The van der Waals surface area contributed by atoms with E-state index < -0.39 is 0 Å². The molecular formula is C30H46O. The molecule has 4 aliphatic rings. The highest BCUT2D eigenvalue weighted by atomic mass is 16.1. The molecule has 1 heteroatoms. The van der Waals surface area contributed by atoms with Crippen LogP contribution in [0, 0.1) is 35.5 Å². The van der Waals surface area contributed by atoms with Gasteiger partial charge in [0.15, 0.2) is 5.78 Å². The van der Waals surface area contributed by atoms with Gasteiger partial charge >= 0.3 is 0 Å². The Morgan fingerprint density at radius 1 is 0.645 bits per heavy atom. The van der Waals surface area contributed by atoms with E-state index in [0.29, 0.717) is 23.5 Å². The SMILES string of the molecule is C=C(C)[C@@H]1CC[C@H](C)C2=C(C1)[C@@H](C)CC2.C=C(C)[C@@H]1CC[C@H](C)C2=C(C1)[C@@H](C)CC2=O. The average molecular weight is 423 g/mol. The number of rotatable bonds is 2. The molecule has 0 aromatic rings. The van der Waals surface area contributed by atoms with E-state index in [4.69, 9.17) is 0 Å². The zero-order valence-corrected chi connectivity index (χ0v) is 21.2. The molecule has 0 unspecified atom stereocenters. The van der Waals surface area contributed by atoms with Crippen LogP contribution in [0.25, 0.3) is 0 Å². The van der Waals surface area contributed by atoms with Gasteiger partial charge in [-0.3, -0.25) is 4.79 Å². The summed E-state index contributed by atoms with van der Waals surface area (Å²) in [4.78, 5) is 12.0. The maximum atomic E-state index is 12.0. The normalized spacial score (nSPS) is 35.6. The molecule has 31 heavy (non-hydrogen) atoms. The molecule has 172 valence electrons. The van der Waals surface area contributed by atoms with Gasteiger partial charge in [0.25, 0.3) is 0 Å². The molecule has 0 saturated heterocycles. The van der Waals surface area contributed by atoms with Gasteiger partial charge in [-0.2, -0.15) is 0 Å². The second-order valence-corrected chi connectivity index (χ2v) is 11.4.